The van der Waals surface area contributed by atoms with Crippen molar-refractivity contribution in [2.75, 3.05) is 0 Å². The third kappa shape index (κ3) is 3.05. The Morgan fingerprint density at radius 3 is 2.53 bits per heavy atom. The molecule has 0 aliphatic heterocycles. The number of benzene rings is 2. The number of aryl methyl sites for hydroxylation is 1. The van der Waals surface area contributed by atoms with Crippen LogP contribution in [-0.2, 0) is 12.8 Å². The molecular formula is C16H14F2O. The maximum absolute atomic E-state index is 13.5. The second-order valence-electron chi connectivity index (χ2n) is 4.35. The lowest BCUT2D eigenvalue weighted by atomic mass is 9.97. The molecule has 0 atom stereocenters. The van der Waals surface area contributed by atoms with E-state index in [1.54, 1.807) is 12.1 Å². The molecule has 0 amide bonds. The van der Waals surface area contributed by atoms with Crippen molar-refractivity contribution >= 4 is 5.78 Å². The molecule has 0 aromatic heterocycles. The summed E-state index contributed by atoms with van der Waals surface area (Å²) >= 11 is 0. The number of rotatable bonds is 4. The molecule has 2 aromatic carbocycles. The largest absolute Gasteiger partial charge is 0.294 e. The van der Waals surface area contributed by atoms with Crippen LogP contribution in [0.3, 0.4) is 0 Å². The van der Waals surface area contributed by atoms with Crippen LogP contribution in [0.2, 0.25) is 0 Å². The minimum Gasteiger partial charge on any atom is -0.294 e. The monoisotopic (exact) mass is 260 g/mol. The normalized spacial score (nSPS) is 10.5. The lowest BCUT2D eigenvalue weighted by Crippen LogP contribution is -2.08. The van der Waals surface area contributed by atoms with Crippen molar-refractivity contribution in [1.29, 1.82) is 0 Å². The van der Waals surface area contributed by atoms with Crippen molar-refractivity contribution < 1.29 is 13.6 Å². The first-order chi connectivity index (χ1) is 9.11. The molecule has 0 saturated carbocycles. The number of carbonyl (C=O) groups excluding carboxylic acids is 1. The lowest BCUT2D eigenvalue weighted by Gasteiger charge is -2.07. The number of Topliss-reactive ketones (excluding diaryl/α,β-unsaturated/α-hetero) is 1. The molecule has 0 spiro atoms. The maximum Gasteiger partial charge on any atom is 0.167 e. The second kappa shape index (κ2) is 5.74. The molecule has 0 saturated heterocycles. The van der Waals surface area contributed by atoms with Crippen molar-refractivity contribution in [3.8, 4) is 0 Å². The average Bonchev–Trinajstić information content (AvgIpc) is 2.42. The van der Waals surface area contributed by atoms with E-state index in [1.165, 1.54) is 0 Å². The van der Waals surface area contributed by atoms with Gasteiger partial charge in [0, 0.05) is 12.0 Å². The van der Waals surface area contributed by atoms with Gasteiger partial charge in [0.05, 0.1) is 0 Å². The number of carbonyl (C=O) groups is 1. The third-order valence-corrected chi connectivity index (χ3v) is 3.06. The predicted octanol–water partition coefficient (Wildman–Crippen LogP) is 3.95. The highest BCUT2D eigenvalue weighted by molar-refractivity contribution is 5.98. The lowest BCUT2D eigenvalue weighted by molar-refractivity contribution is 0.0991. The fraction of sp³-hybridized carbons (Fsp3) is 0.188. The zero-order valence-electron chi connectivity index (χ0n) is 10.6. The van der Waals surface area contributed by atoms with Crippen molar-refractivity contribution in [2.45, 2.75) is 19.8 Å². The van der Waals surface area contributed by atoms with Gasteiger partial charge in [-0.05, 0) is 35.7 Å². The number of halogens is 2. The molecule has 2 rings (SSSR count). The van der Waals surface area contributed by atoms with E-state index in [1.807, 2.05) is 19.1 Å². The molecular weight excluding hydrogens is 246 g/mol. The first kappa shape index (κ1) is 13.4. The van der Waals surface area contributed by atoms with Crippen LogP contribution < -0.4 is 0 Å². The van der Waals surface area contributed by atoms with E-state index in [-0.39, 0.29) is 17.8 Å². The Bertz CT molecular complexity index is 605. The fourth-order valence-corrected chi connectivity index (χ4v) is 2.05. The molecule has 0 radical (unpaired) electrons. The van der Waals surface area contributed by atoms with Gasteiger partial charge in [0.1, 0.15) is 11.6 Å². The van der Waals surface area contributed by atoms with Crippen LogP contribution in [0.5, 0.6) is 0 Å². The summed E-state index contributed by atoms with van der Waals surface area (Å²) in [5, 5.41) is 0. The molecule has 0 heterocycles. The van der Waals surface area contributed by atoms with Crippen molar-refractivity contribution in [3.05, 3.63) is 70.8 Å². The predicted molar refractivity (Wildman–Crippen MR) is 70.2 cm³/mol. The summed E-state index contributed by atoms with van der Waals surface area (Å²) in [6.45, 7) is 1.95. The van der Waals surface area contributed by atoms with Gasteiger partial charge in [-0.1, -0.05) is 31.2 Å². The molecule has 0 N–H and O–H groups in total. The maximum atomic E-state index is 13.5. The van der Waals surface area contributed by atoms with Gasteiger partial charge < -0.3 is 0 Å². The summed E-state index contributed by atoms with van der Waals surface area (Å²) in [6, 6.07) is 10.4. The van der Waals surface area contributed by atoms with E-state index < -0.39 is 11.6 Å². The number of hydrogen-bond acceptors (Lipinski definition) is 1. The minimum absolute atomic E-state index is 0.0934. The van der Waals surface area contributed by atoms with Gasteiger partial charge in [0.25, 0.3) is 0 Å². The Kier molecular flexibility index (Phi) is 4.05. The summed E-state index contributed by atoms with van der Waals surface area (Å²) in [4.78, 5) is 12.2. The van der Waals surface area contributed by atoms with Crippen molar-refractivity contribution in [3.63, 3.8) is 0 Å². The minimum atomic E-state index is -0.552. The molecule has 98 valence electrons. The molecule has 0 aliphatic carbocycles. The zero-order chi connectivity index (χ0) is 13.8. The van der Waals surface area contributed by atoms with E-state index in [9.17, 15) is 13.6 Å². The van der Waals surface area contributed by atoms with Crippen molar-refractivity contribution in [1.82, 2.24) is 0 Å². The molecule has 19 heavy (non-hydrogen) atoms. The molecule has 3 heteroatoms. The molecule has 0 fully saturated rings. The van der Waals surface area contributed by atoms with Crippen LogP contribution in [0.25, 0.3) is 0 Å². The standard InChI is InChI=1S/C16H14F2O/c1-2-11-5-3-4-6-14(11)16(19)10-12-9-13(17)7-8-15(12)18/h3-9H,2,10H2,1H3. The summed E-state index contributed by atoms with van der Waals surface area (Å²) in [7, 11) is 0. The van der Waals surface area contributed by atoms with Crippen LogP contribution in [-0.4, -0.2) is 5.78 Å². The number of hydrogen-bond donors (Lipinski definition) is 0. The average molecular weight is 260 g/mol. The Hall–Kier alpha value is -2.03. The molecule has 0 aliphatic rings. The molecule has 2 aromatic rings. The van der Waals surface area contributed by atoms with Crippen LogP contribution in [0.1, 0.15) is 28.4 Å². The van der Waals surface area contributed by atoms with Crippen LogP contribution in [0, 0.1) is 11.6 Å². The summed E-state index contributed by atoms with van der Waals surface area (Å²) < 4.78 is 26.6. The quantitative estimate of drug-likeness (QED) is 0.761. The zero-order valence-corrected chi connectivity index (χ0v) is 10.6. The molecule has 1 nitrogen and oxygen atoms in total. The topological polar surface area (TPSA) is 17.1 Å². The number of ketones is 1. The van der Waals surface area contributed by atoms with E-state index in [0.717, 1.165) is 30.2 Å². The first-order valence-electron chi connectivity index (χ1n) is 6.17. The highest BCUT2D eigenvalue weighted by Crippen LogP contribution is 2.16. The summed E-state index contributed by atoms with van der Waals surface area (Å²) in [5.74, 6) is -1.28. The van der Waals surface area contributed by atoms with Crippen LogP contribution in [0.4, 0.5) is 8.78 Å². The van der Waals surface area contributed by atoms with Gasteiger partial charge in [-0.15, -0.1) is 0 Å². The summed E-state index contributed by atoms with van der Waals surface area (Å²) in [5.41, 5.74) is 1.59. The Morgan fingerprint density at radius 1 is 1.05 bits per heavy atom. The van der Waals surface area contributed by atoms with Crippen LogP contribution >= 0.6 is 0 Å². The van der Waals surface area contributed by atoms with E-state index in [2.05, 4.69) is 0 Å². The van der Waals surface area contributed by atoms with Crippen LogP contribution in [0.15, 0.2) is 42.5 Å². The van der Waals surface area contributed by atoms with Gasteiger partial charge in [0.2, 0.25) is 0 Å². The summed E-state index contributed by atoms with van der Waals surface area (Å²) in [6.07, 6.45) is 0.605. The van der Waals surface area contributed by atoms with E-state index in [0.29, 0.717) is 5.56 Å². The SMILES string of the molecule is CCc1ccccc1C(=O)Cc1cc(F)ccc1F. The third-order valence-electron chi connectivity index (χ3n) is 3.06. The van der Waals surface area contributed by atoms with Gasteiger partial charge in [-0.3, -0.25) is 4.79 Å². The Balaban J connectivity index is 2.28. The Labute approximate surface area is 110 Å². The fourth-order valence-electron chi connectivity index (χ4n) is 2.05. The molecule has 0 unspecified atom stereocenters. The van der Waals surface area contributed by atoms with Gasteiger partial charge in [-0.2, -0.15) is 0 Å². The smallest absolute Gasteiger partial charge is 0.167 e. The second-order valence-corrected chi connectivity index (χ2v) is 4.35. The highest BCUT2D eigenvalue weighted by Gasteiger charge is 2.13. The molecule has 0 bridgehead atoms. The van der Waals surface area contributed by atoms with Gasteiger partial charge in [0.15, 0.2) is 5.78 Å². The van der Waals surface area contributed by atoms with E-state index in [4.69, 9.17) is 0 Å². The highest BCUT2D eigenvalue weighted by atomic mass is 19.1. The van der Waals surface area contributed by atoms with E-state index >= 15 is 0 Å². The van der Waals surface area contributed by atoms with Gasteiger partial charge >= 0.3 is 0 Å². The van der Waals surface area contributed by atoms with Gasteiger partial charge in [-0.25, -0.2) is 8.78 Å². The van der Waals surface area contributed by atoms with Crippen molar-refractivity contribution in [2.24, 2.45) is 0 Å². The Morgan fingerprint density at radius 2 is 1.79 bits per heavy atom. The first-order valence-corrected chi connectivity index (χ1v) is 6.17.